The van der Waals surface area contributed by atoms with Gasteiger partial charge in [-0.15, -0.1) is 0 Å². The van der Waals surface area contributed by atoms with Crippen LogP contribution < -0.4 is 5.32 Å². The van der Waals surface area contributed by atoms with E-state index in [1.165, 1.54) is 7.05 Å². The third-order valence-corrected chi connectivity index (χ3v) is 1.42. The Morgan fingerprint density at radius 2 is 2.00 bits per heavy atom. The monoisotopic (exact) mass is 194 g/mol. The Labute approximate surface area is 71.6 Å². The molecule has 0 atom stereocenters. The van der Waals surface area contributed by atoms with Crippen LogP contribution in [-0.2, 0) is 6.18 Å². The number of nitrogens with zero attached hydrogens (tertiary/aromatic N) is 1. The number of aromatic nitrogens is 1. The lowest BCUT2D eigenvalue weighted by Crippen LogP contribution is -2.09. The van der Waals surface area contributed by atoms with Gasteiger partial charge in [-0.2, -0.15) is 13.2 Å². The van der Waals surface area contributed by atoms with E-state index in [9.17, 15) is 17.6 Å². The van der Waals surface area contributed by atoms with Gasteiger partial charge in [0.1, 0.15) is 5.82 Å². The zero-order chi connectivity index (χ0) is 10.1. The molecule has 0 radical (unpaired) electrons. The van der Waals surface area contributed by atoms with Gasteiger partial charge >= 0.3 is 6.18 Å². The first-order chi connectivity index (χ1) is 5.95. The summed E-state index contributed by atoms with van der Waals surface area (Å²) in [5.41, 5.74) is -1.31. The third-order valence-electron chi connectivity index (χ3n) is 1.42. The van der Waals surface area contributed by atoms with Gasteiger partial charge in [0.15, 0.2) is 5.82 Å². The van der Waals surface area contributed by atoms with Gasteiger partial charge < -0.3 is 5.32 Å². The molecule has 6 heteroatoms. The van der Waals surface area contributed by atoms with Crippen molar-refractivity contribution in [1.82, 2.24) is 4.98 Å². The molecule has 0 aliphatic rings. The second-order valence-electron chi connectivity index (χ2n) is 2.30. The predicted molar refractivity (Wildman–Crippen MR) is 38.7 cm³/mol. The van der Waals surface area contributed by atoms with Crippen LogP contribution in [0.25, 0.3) is 0 Å². The van der Waals surface area contributed by atoms with E-state index in [4.69, 9.17) is 0 Å². The van der Waals surface area contributed by atoms with Crippen molar-refractivity contribution in [2.24, 2.45) is 0 Å². The molecule has 13 heavy (non-hydrogen) atoms. The Bertz CT molecular complexity index is 308. The average Bonchev–Trinajstić information content (AvgIpc) is 2.03. The number of hydrogen-bond donors (Lipinski definition) is 1. The van der Waals surface area contributed by atoms with Crippen LogP contribution in [-0.4, -0.2) is 12.0 Å². The van der Waals surface area contributed by atoms with Gasteiger partial charge in [0.2, 0.25) is 0 Å². The summed E-state index contributed by atoms with van der Waals surface area (Å²) in [6.45, 7) is 0. The van der Waals surface area contributed by atoms with Gasteiger partial charge in [-0.1, -0.05) is 0 Å². The van der Waals surface area contributed by atoms with E-state index < -0.39 is 17.6 Å². The molecule has 0 unspecified atom stereocenters. The Morgan fingerprint density at radius 3 is 2.46 bits per heavy atom. The Hall–Kier alpha value is -1.33. The fraction of sp³-hybridized carbons (Fsp3) is 0.286. The molecule has 2 nitrogen and oxygen atoms in total. The third kappa shape index (κ3) is 2.07. The number of halogens is 4. The first-order valence-electron chi connectivity index (χ1n) is 3.35. The number of anilines is 1. The maximum atomic E-state index is 12.6. The summed E-state index contributed by atoms with van der Waals surface area (Å²) in [6, 6.07) is 0.620. The molecular formula is C7H6F4N2. The van der Waals surface area contributed by atoms with E-state index in [-0.39, 0.29) is 5.82 Å². The van der Waals surface area contributed by atoms with E-state index in [0.717, 1.165) is 0 Å². The van der Waals surface area contributed by atoms with Crippen LogP contribution in [0.5, 0.6) is 0 Å². The highest BCUT2D eigenvalue weighted by atomic mass is 19.4. The zero-order valence-electron chi connectivity index (χ0n) is 6.61. The van der Waals surface area contributed by atoms with Crippen LogP contribution in [0.15, 0.2) is 12.3 Å². The standard InChI is InChI=1S/C7H6F4N2/c1-12-6-2-4(7(9,10)11)5(8)3-13-6/h2-3H,1H3,(H,12,13). The van der Waals surface area contributed by atoms with Crippen molar-refractivity contribution in [3.05, 3.63) is 23.6 Å². The summed E-state index contributed by atoms with van der Waals surface area (Å²) in [4.78, 5) is 3.38. The topological polar surface area (TPSA) is 24.9 Å². The Kier molecular flexibility index (Phi) is 2.40. The molecule has 0 spiro atoms. The molecular weight excluding hydrogens is 188 g/mol. The molecule has 72 valence electrons. The lowest BCUT2D eigenvalue weighted by Gasteiger charge is -2.08. The van der Waals surface area contributed by atoms with Gasteiger partial charge in [0.25, 0.3) is 0 Å². The molecule has 0 bridgehead atoms. The second-order valence-corrected chi connectivity index (χ2v) is 2.30. The quantitative estimate of drug-likeness (QED) is 0.693. The van der Waals surface area contributed by atoms with Crippen LogP contribution in [0.4, 0.5) is 23.4 Å². The molecule has 0 fully saturated rings. The summed E-state index contributed by atoms with van der Waals surface area (Å²) in [5, 5.41) is 2.39. The van der Waals surface area contributed by atoms with Crippen molar-refractivity contribution < 1.29 is 17.6 Å². The maximum absolute atomic E-state index is 12.6. The lowest BCUT2D eigenvalue weighted by atomic mass is 10.2. The van der Waals surface area contributed by atoms with E-state index in [1.54, 1.807) is 0 Å². The highest BCUT2D eigenvalue weighted by Crippen LogP contribution is 2.31. The van der Waals surface area contributed by atoms with Crippen LogP contribution in [0.1, 0.15) is 5.56 Å². The Morgan fingerprint density at radius 1 is 1.38 bits per heavy atom. The smallest absolute Gasteiger partial charge is 0.373 e. The molecule has 1 aromatic rings. The summed E-state index contributed by atoms with van der Waals surface area (Å²) in [5.74, 6) is -1.39. The summed E-state index contributed by atoms with van der Waals surface area (Å²) in [6.07, 6.45) is -4.15. The molecule has 0 amide bonds. The first kappa shape index (κ1) is 9.76. The predicted octanol–water partition coefficient (Wildman–Crippen LogP) is 2.28. The SMILES string of the molecule is CNc1cc(C(F)(F)F)c(F)cn1. The van der Waals surface area contributed by atoms with E-state index in [2.05, 4.69) is 10.3 Å². The van der Waals surface area contributed by atoms with Crippen LogP contribution in [0.3, 0.4) is 0 Å². The highest BCUT2D eigenvalue weighted by Gasteiger charge is 2.34. The van der Waals surface area contributed by atoms with Gasteiger partial charge in [0, 0.05) is 7.05 Å². The number of pyridine rings is 1. The molecule has 1 heterocycles. The number of nitrogens with one attached hydrogen (secondary N) is 1. The Balaban J connectivity index is 3.19. The van der Waals surface area contributed by atoms with Gasteiger partial charge in [-0.05, 0) is 6.07 Å². The van der Waals surface area contributed by atoms with Crippen molar-refractivity contribution in [1.29, 1.82) is 0 Å². The van der Waals surface area contributed by atoms with Crippen molar-refractivity contribution in [3.63, 3.8) is 0 Å². The minimum atomic E-state index is -4.68. The van der Waals surface area contributed by atoms with Gasteiger partial charge in [-0.3, -0.25) is 0 Å². The van der Waals surface area contributed by atoms with Crippen LogP contribution >= 0.6 is 0 Å². The van der Waals surface area contributed by atoms with Crippen molar-refractivity contribution >= 4 is 5.82 Å². The molecule has 0 aliphatic heterocycles. The normalized spacial score (nSPS) is 11.5. The summed E-state index contributed by atoms with van der Waals surface area (Å²) >= 11 is 0. The van der Waals surface area contributed by atoms with Crippen LogP contribution in [0, 0.1) is 5.82 Å². The first-order valence-corrected chi connectivity index (χ1v) is 3.35. The van der Waals surface area contributed by atoms with Crippen molar-refractivity contribution in [2.45, 2.75) is 6.18 Å². The van der Waals surface area contributed by atoms with Gasteiger partial charge in [0.05, 0.1) is 11.8 Å². The summed E-state index contributed by atoms with van der Waals surface area (Å²) in [7, 11) is 1.40. The minimum Gasteiger partial charge on any atom is -0.373 e. The highest BCUT2D eigenvalue weighted by molar-refractivity contribution is 5.38. The molecule has 0 aromatic carbocycles. The van der Waals surface area contributed by atoms with Crippen molar-refractivity contribution in [3.8, 4) is 0 Å². The van der Waals surface area contributed by atoms with Crippen LogP contribution in [0.2, 0.25) is 0 Å². The van der Waals surface area contributed by atoms with E-state index >= 15 is 0 Å². The largest absolute Gasteiger partial charge is 0.419 e. The van der Waals surface area contributed by atoms with Crippen molar-refractivity contribution in [2.75, 3.05) is 12.4 Å². The fourth-order valence-electron chi connectivity index (χ4n) is 0.793. The zero-order valence-corrected chi connectivity index (χ0v) is 6.61. The molecule has 1 aromatic heterocycles. The second kappa shape index (κ2) is 3.20. The molecule has 0 saturated heterocycles. The molecule has 1 rings (SSSR count). The van der Waals surface area contributed by atoms with E-state index in [1.807, 2.05) is 0 Å². The minimum absolute atomic E-state index is 0.0197. The molecule has 0 aliphatic carbocycles. The van der Waals surface area contributed by atoms with Gasteiger partial charge in [-0.25, -0.2) is 9.37 Å². The number of hydrogen-bond acceptors (Lipinski definition) is 2. The molecule has 1 N–H and O–H groups in total. The summed E-state index contributed by atoms with van der Waals surface area (Å²) < 4.78 is 48.8. The maximum Gasteiger partial charge on any atom is 0.419 e. The average molecular weight is 194 g/mol. The molecule has 0 saturated carbocycles. The number of alkyl halides is 3. The van der Waals surface area contributed by atoms with E-state index in [0.29, 0.717) is 12.3 Å². The lowest BCUT2D eigenvalue weighted by molar-refractivity contribution is -0.140. The number of rotatable bonds is 1. The fourth-order valence-corrected chi connectivity index (χ4v) is 0.793.